The van der Waals surface area contributed by atoms with E-state index in [9.17, 15) is 9.90 Å². The normalized spacial score (nSPS) is 12.2. The summed E-state index contributed by atoms with van der Waals surface area (Å²) < 4.78 is 1.93. The third-order valence-corrected chi connectivity index (χ3v) is 4.27. The molecule has 0 amide bonds. The molecular weight excluding hydrogens is 328 g/mol. The van der Waals surface area contributed by atoms with E-state index in [0.717, 1.165) is 11.8 Å². The second-order valence-electron chi connectivity index (χ2n) is 5.98. The molecule has 0 aliphatic rings. The Labute approximate surface area is 149 Å². The molecule has 0 aliphatic heterocycles. The first-order chi connectivity index (χ1) is 12.8. The van der Waals surface area contributed by atoms with E-state index in [-0.39, 0.29) is 0 Å². The number of rotatable bonds is 5. The fraction of sp³-hybridized carbons (Fsp3) is 0.100. The van der Waals surface area contributed by atoms with Crippen LogP contribution < -0.4 is 0 Å². The molecule has 4 rings (SSSR count). The van der Waals surface area contributed by atoms with Crippen molar-refractivity contribution in [2.24, 2.45) is 0 Å². The van der Waals surface area contributed by atoms with Crippen molar-refractivity contribution < 1.29 is 9.90 Å². The van der Waals surface area contributed by atoms with E-state index in [1.807, 2.05) is 34.9 Å². The summed E-state index contributed by atoms with van der Waals surface area (Å²) in [6, 6.07) is 16.8. The van der Waals surface area contributed by atoms with E-state index < -0.39 is 6.10 Å². The molecule has 4 aromatic rings. The highest BCUT2D eigenvalue weighted by Crippen LogP contribution is 2.25. The maximum atomic E-state index is 10.8. The lowest BCUT2D eigenvalue weighted by atomic mass is 10.0. The van der Waals surface area contributed by atoms with Gasteiger partial charge in [-0.2, -0.15) is 0 Å². The average Bonchev–Trinajstić information content (AvgIpc) is 3.11. The minimum absolute atomic E-state index is 0.445. The molecule has 1 atom stereocenters. The van der Waals surface area contributed by atoms with Gasteiger partial charge in [0.15, 0.2) is 5.65 Å². The lowest BCUT2D eigenvalue weighted by Gasteiger charge is -2.11. The maximum Gasteiger partial charge on any atom is 0.163 e. The van der Waals surface area contributed by atoms with Crippen LogP contribution in [0.3, 0.4) is 0 Å². The molecular formula is C20H16N4O2. The molecule has 0 saturated heterocycles. The van der Waals surface area contributed by atoms with Crippen molar-refractivity contribution in [3.8, 4) is 0 Å². The van der Waals surface area contributed by atoms with E-state index in [2.05, 4.69) is 15.0 Å². The van der Waals surface area contributed by atoms with Gasteiger partial charge in [-0.25, -0.2) is 15.0 Å². The zero-order valence-electron chi connectivity index (χ0n) is 13.9. The number of aliphatic hydroxyl groups excluding tert-OH is 1. The lowest BCUT2D eigenvalue weighted by molar-refractivity contribution is 0.112. The van der Waals surface area contributed by atoms with Crippen LogP contribution in [0.15, 0.2) is 67.3 Å². The molecule has 6 nitrogen and oxygen atoms in total. The van der Waals surface area contributed by atoms with E-state index in [1.54, 1.807) is 30.6 Å². The molecule has 2 aromatic carbocycles. The second kappa shape index (κ2) is 6.85. The van der Waals surface area contributed by atoms with Crippen LogP contribution in [0.5, 0.6) is 0 Å². The number of hydrogen-bond donors (Lipinski definition) is 1. The molecule has 0 radical (unpaired) electrons. The van der Waals surface area contributed by atoms with Gasteiger partial charge in [0.25, 0.3) is 0 Å². The number of fused-ring (bicyclic) bond motifs is 1. The molecule has 2 heterocycles. The molecule has 0 spiro atoms. The number of nitrogens with zero attached hydrogens (tertiary/aromatic N) is 4. The SMILES string of the molecule is O=Cc1ccc(C(O)c2ncnc3c2ncn3Cc2ccccc2)cc1. The number of aldehydes is 1. The Kier molecular flexibility index (Phi) is 4.25. The minimum Gasteiger partial charge on any atom is -0.382 e. The third-order valence-electron chi connectivity index (χ3n) is 4.27. The summed E-state index contributed by atoms with van der Waals surface area (Å²) in [5.41, 5.74) is 4.02. The lowest BCUT2D eigenvalue weighted by Crippen LogP contribution is -2.05. The number of carbonyl (C=O) groups is 1. The van der Waals surface area contributed by atoms with E-state index in [1.165, 1.54) is 6.33 Å². The Morgan fingerprint density at radius 3 is 2.50 bits per heavy atom. The van der Waals surface area contributed by atoms with Gasteiger partial charge in [-0.3, -0.25) is 4.79 Å². The van der Waals surface area contributed by atoms with E-state index in [0.29, 0.717) is 34.5 Å². The standard InChI is InChI=1S/C20H16N4O2/c25-11-15-6-8-16(9-7-15)19(26)17-18-20(22-12-21-17)24(13-23-18)10-14-4-2-1-3-5-14/h1-9,11-13,19,26H,10H2. The number of imidazole rings is 1. The molecule has 0 bridgehead atoms. The van der Waals surface area contributed by atoms with Crippen molar-refractivity contribution >= 4 is 17.5 Å². The third kappa shape index (κ3) is 2.98. The Hall–Kier alpha value is -3.38. The Morgan fingerprint density at radius 1 is 1.00 bits per heavy atom. The first-order valence-corrected chi connectivity index (χ1v) is 8.19. The molecule has 0 saturated carbocycles. The van der Waals surface area contributed by atoms with Gasteiger partial charge in [-0.05, 0) is 11.1 Å². The van der Waals surface area contributed by atoms with Crippen molar-refractivity contribution in [3.63, 3.8) is 0 Å². The summed E-state index contributed by atoms with van der Waals surface area (Å²) in [5, 5.41) is 10.7. The monoisotopic (exact) mass is 344 g/mol. The number of aliphatic hydroxyl groups is 1. The number of carbonyl (C=O) groups excluding carboxylic acids is 1. The zero-order chi connectivity index (χ0) is 17.9. The zero-order valence-corrected chi connectivity index (χ0v) is 13.9. The van der Waals surface area contributed by atoms with E-state index >= 15 is 0 Å². The van der Waals surface area contributed by atoms with Crippen LogP contribution in [0.2, 0.25) is 0 Å². The Morgan fingerprint density at radius 2 is 1.77 bits per heavy atom. The van der Waals surface area contributed by atoms with Crippen molar-refractivity contribution in [2.75, 3.05) is 0 Å². The maximum absolute atomic E-state index is 10.8. The highest BCUT2D eigenvalue weighted by atomic mass is 16.3. The summed E-state index contributed by atoms with van der Waals surface area (Å²) >= 11 is 0. The molecule has 2 aromatic heterocycles. The fourth-order valence-electron chi connectivity index (χ4n) is 2.91. The predicted octanol–water partition coefficient (Wildman–Crippen LogP) is 2.77. The Bertz CT molecular complexity index is 1040. The fourth-order valence-corrected chi connectivity index (χ4v) is 2.91. The van der Waals surface area contributed by atoms with Crippen LogP contribution in [0, 0.1) is 0 Å². The quantitative estimate of drug-likeness (QED) is 0.563. The number of aromatic nitrogens is 4. The van der Waals surface area contributed by atoms with Gasteiger partial charge < -0.3 is 9.67 Å². The van der Waals surface area contributed by atoms with Gasteiger partial charge in [-0.15, -0.1) is 0 Å². The molecule has 0 aliphatic carbocycles. The van der Waals surface area contributed by atoms with Crippen molar-refractivity contribution in [1.29, 1.82) is 0 Å². The summed E-state index contributed by atoms with van der Waals surface area (Å²) in [6.07, 6.45) is 2.97. The van der Waals surface area contributed by atoms with E-state index in [4.69, 9.17) is 0 Å². The van der Waals surface area contributed by atoms with Crippen molar-refractivity contribution in [2.45, 2.75) is 12.6 Å². The van der Waals surface area contributed by atoms with Crippen molar-refractivity contribution in [1.82, 2.24) is 19.5 Å². The molecule has 128 valence electrons. The van der Waals surface area contributed by atoms with Crippen LogP contribution in [0.4, 0.5) is 0 Å². The second-order valence-corrected chi connectivity index (χ2v) is 5.98. The highest BCUT2D eigenvalue weighted by Gasteiger charge is 2.19. The van der Waals surface area contributed by atoms with Crippen LogP contribution >= 0.6 is 0 Å². The van der Waals surface area contributed by atoms with Gasteiger partial charge >= 0.3 is 0 Å². The van der Waals surface area contributed by atoms with Crippen LogP contribution in [-0.4, -0.2) is 30.9 Å². The van der Waals surface area contributed by atoms with Gasteiger partial charge in [0.1, 0.15) is 29.9 Å². The summed E-state index contributed by atoms with van der Waals surface area (Å²) in [4.78, 5) is 23.8. The van der Waals surface area contributed by atoms with Crippen LogP contribution in [-0.2, 0) is 6.54 Å². The molecule has 1 unspecified atom stereocenters. The predicted molar refractivity (Wildman–Crippen MR) is 96.8 cm³/mol. The number of hydrogen-bond acceptors (Lipinski definition) is 5. The Balaban J connectivity index is 1.70. The first-order valence-electron chi connectivity index (χ1n) is 8.19. The van der Waals surface area contributed by atoms with Crippen molar-refractivity contribution in [3.05, 3.63) is 89.6 Å². The first kappa shape index (κ1) is 16.1. The molecule has 1 N–H and O–H groups in total. The topological polar surface area (TPSA) is 80.9 Å². The van der Waals surface area contributed by atoms with Gasteiger partial charge in [-0.1, -0.05) is 54.6 Å². The van der Waals surface area contributed by atoms with Gasteiger partial charge in [0.05, 0.1) is 12.9 Å². The summed E-state index contributed by atoms with van der Waals surface area (Å²) in [5.74, 6) is 0. The van der Waals surface area contributed by atoms with Gasteiger partial charge in [0, 0.05) is 5.56 Å². The van der Waals surface area contributed by atoms with Gasteiger partial charge in [0.2, 0.25) is 0 Å². The average molecular weight is 344 g/mol. The summed E-state index contributed by atoms with van der Waals surface area (Å²) in [6.45, 7) is 0.637. The van der Waals surface area contributed by atoms with Crippen LogP contribution in [0.25, 0.3) is 11.2 Å². The number of benzene rings is 2. The molecule has 0 fully saturated rings. The minimum atomic E-state index is -0.943. The largest absolute Gasteiger partial charge is 0.382 e. The smallest absolute Gasteiger partial charge is 0.163 e. The molecule has 6 heteroatoms. The van der Waals surface area contributed by atoms with Crippen LogP contribution in [0.1, 0.15) is 33.3 Å². The highest BCUT2D eigenvalue weighted by molar-refractivity contribution is 5.75. The summed E-state index contributed by atoms with van der Waals surface area (Å²) in [7, 11) is 0. The molecule has 26 heavy (non-hydrogen) atoms.